The minimum absolute atomic E-state index is 0.623. The van der Waals surface area contributed by atoms with E-state index < -0.39 is 0 Å². The van der Waals surface area contributed by atoms with Crippen LogP contribution < -0.4 is 0 Å². The molecule has 0 fully saturated rings. The SMILES string of the molecule is Cc1nc(C)n2c(C)nnc2n1. The second-order valence-electron chi connectivity index (χ2n) is 2.70. The van der Waals surface area contributed by atoms with Crippen molar-refractivity contribution in [2.75, 3.05) is 0 Å². The highest BCUT2D eigenvalue weighted by Gasteiger charge is 2.05. The first-order valence-electron chi connectivity index (χ1n) is 3.71. The van der Waals surface area contributed by atoms with E-state index >= 15 is 0 Å². The summed E-state index contributed by atoms with van der Waals surface area (Å²) in [5, 5.41) is 7.81. The van der Waals surface area contributed by atoms with Gasteiger partial charge < -0.3 is 0 Å². The molecule has 5 nitrogen and oxygen atoms in total. The van der Waals surface area contributed by atoms with Crippen LogP contribution in [0.1, 0.15) is 17.5 Å². The third-order valence-corrected chi connectivity index (χ3v) is 1.72. The summed E-state index contributed by atoms with van der Waals surface area (Å²) in [4.78, 5) is 8.34. The summed E-state index contributed by atoms with van der Waals surface area (Å²) in [6.45, 7) is 5.64. The standard InChI is InChI=1S/C7H9N5/c1-4-8-5(2)12-6(3)10-11-7(12)9-4/h1-3H3. The molecule has 2 aromatic heterocycles. The fourth-order valence-corrected chi connectivity index (χ4v) is 1.26. The van der Waals surface area contributed by atoms with Gasteiger partial charge >= 0.3 is 0 Å². The average Bonchev–Trinajstić information content (AvgIpc) is 2.31. The number of nitrogens with zero attached hydrogens (tertiary/aromatic N) is 5. The monoisotopic (exact) mass is 163 g/mol. The number of hydrogen-bond donors (Lipinski definition) is 0. The quantitative estimate of drug-likeness (QED) is 0.565. The summed E-state index contributed by atoms with van der Waals surface area (Å²) in [5.41, 5.74) is 0. The van der Waals surface area contributed by atoms with Crippen LogP contribution in [0.15, 0.2) is 0 Å². The Hall–Kier alpha value is -1.52. The Bertz CT molecular complexity index is 431. The van der Waals surface area contributed by atoms with Gasteiger partial charge in [0.25, 0.3) is 5.78 Å². The lowest BCUT2D eigenvalue weighted by atomic mass is 10.6. The Balaban J connectivity index is 2.93. The van der Waals surface area contributed by atoms with Crippen molar-refractivity contribution in [1.29, 1.82) is 0 Å². The van der Waals surface area contributed by atoms with E-state index in [4.69, 9.17) is 0 Å². The summed E-state index contributed by atoms with van der Waals surface area (Å²) in [5.74, 6) is 3.05. The van der Waals surface area contributed by atoms with Gasteiger partial charge in [-0.3, -0.25) is 4.40 Å². The van der Waals surface area contributed by atoms with Crippen molar-refractivity contribution < 1.29 is 0 Å². The second kappa shape index (κ2) is 2.23. The van der Waals surface area contributed by atoms with E-state index in [1.54, 1.807) is 0 Å². The number of aromatic nitrogens is 5. The van der Waals surface area contributed by atoms with Crippen LogP contribution in [0.3, 0.4) is 0 Å². The van der Waals surface area contributed by atoms with Crippen LogP contribution in [0.25, 0.3) is 5.78 Å². The first-order valence-corrected chi connectivity index (χ1v) is 3.71. The zero-order chi connectivity index (χ0) is 8.72. The molecule has 0 aliphatic carbocycles. The highest BCUT2D eigenvalue weighted by atomic mass is 15.3. The van der Waals surface area contributed by atoms with Crippen LogP contribution in [0.5, 0.6) is 0 Å². The molecular formula is C7H9N5. The molecule has 0 amide bonds. The molecule has 0 atom stereocenters. The molecule has 0 N–H and O–H groups in total. The number of fused-ring (bicyclic) bond motifs is 1. The third kappa shape index (κ3) is 0.861. The molecule has 0 aromatic carbocycles. The molecule has 12 heavy (non-hydrogen) atoms. The summed E-state index contributed by atoms with van der Waals surface area (Å²) in [7, 11) is 0. The van der Waals surface area contributed by atoms with Crippen LogP contribution in [-0.4, -0.2) is 24.6 Å². The van der Waals surface area contributed by atoms with E-state index in [-0.39, 0.29) is 0 Å². The Kier molecular flexibility index (Phi) is 1.33. The van der Waals surface area contributed by atoms with Crippen LogP contribution >= 0.6 is 0 Å². The van der Waals surface area contributed by atoms with Crippen molar-refractivity contribution in [1.82, 2.24) is 24.6 Å². The van der Waals surface area contributed by atoms with Gasteiger partial charge in [0, 0.05) is 0 Å². The highest BCUT2D eigenvalue weighted by Crippen LogP contribution is 2.02. The summed E-state index contributed by atoms with van der Waals surface area (Å²) in [6, 6.07) is 0. The zero-order valence-corrected chi connectivity index (χ0v) is 7.24. The molecule has 2 heterocycles. The van der Waals surface area contributed by atoms with Crippen LogP contribution in [-0.2, 0) is 0 Å². The fourth-order valence-electron chi connectivity index (χ4n) is 1.26. The average molecular weight is 163 g/mol. The van der Waals surface area contributed by atoms with Crippen molar-refractivity contribution in [3.05, 3.63) is 17.5 Å². The van der Waals surface area contributed by atoms with Gasteiger partial charge in [-0.1, -0.05) is 0 Å². The largest absolute Gasteiger partial charge is 0.258 e. The number of rotatable bonds is 0. The molecule has 0 saturated heterocycles. The fraction of sp³-hybridized carbons (Fsp3) is 0.429. The Morgan fingerprint density at radius 1 is 0.917 bits per heavy atom. The topological polar surface area (TPSA) is 56.0 Å². The Labute approximate surface area is 69.5 Å². The number of hydrogen-bond acceptors (Lipinski definition) is 4. The predicted octanol–water partition coefficient (Wildman–Crippen LogP) is 0.445. The van der Waals surface area contributed by atoms with E-state index in [0.717, 1.165) is 17.5 Å². The molecule has 0 saturated carbocycles. The van der Waals surface area contributed by atoms with Gasteiger partial charge in [0.2, 0.25) is 0 Å². The molecule has 2 rings (SSSR count). The molecule has 0 bridgehead atoms. The molecular weight excluding hydrogens is 154 g/mol. The second-order valence-corrected chi connectivity index (χ2v) is 2.70. The van der Waals surface area contributed by atoms with Gasteiger partial charge in [-0.05, 0) is 20.8 Å². The maximum Gasteiger partial charge on any atom is 0.258 e. The maximum atomic E-state index is 4.21. The molecule has 0 aliphatic rings. The first-order chi connectivity index (χ1) is 5.68. The Morgan fingerprint density at radius 2 is 1.67 bits per heavy atom. The van der Waals surface area contributed by atoms with E-state index in [1.165, 1.54) is 0 Å². The molecule has 0 spiro atoms. The molecule has 0 radical (unpaired) electrons. The lowest BCUT2D eigenvalue weighted by Crippen LogP contribution is -2.01. The summed E-state index contributed by atoms with van der Waals surface area (Å²) >= 11 is 0. The van der Waals surface area contributed by atoms with E-state index in [0.29, 0.717) is 5.78 Å². The van der Waals surface area contributed by atoms with Crippen LogP contribution in [0.2, 0.25) is 0 Å². The third-order valence-electron chi connectivity index (χ3n) is 1.72. The van der Waals surface area contributed by atoms with Gasteiger partial charge in [0.1, 0.15) is 17.5 Å². The van der Waals surface area contributed by atoms with Crippen molar-refractivity contribution in [2.45, 2.75) is 20.8 Å². The van der Waals surface area contributed by atoms with Gasteiger partial charge in [0.15, 0.2) is 0 Å². The lowest BCUT2D eigenvalue weighted by Gasteiger charge is -1.99. The molecule has 5 heteroatoms. The van der Waals surface area contributed by atoms with Gasteiger partial charge in [-0.25, -0.2) is 4.98 Å². The van der Waals surface area contributed by atoms with Gasteiger partial charge in [-0.2, -0.15) is 4.98 Å². The molecule has 0 unspecified atom stereocenters. The van der Waals surface area contributed by atoms with E-state index in [9.17, 15) is 0 Å². The molecule has 2 aromatic rings. The summed E-state index contributed by atoms with van der Waals surface area (Å²) in [6.07, 6.45) is 0. The normalized spacial score (nSPS) is 10.9. The maximum absolute atomic E-state index is 4.21. The van der Waals surface area contributed by atoms with Crippen molar-refractivity contribution in [3.8, 4) is 0 Å². The van der Waals surface area contributed by atoms with Gasteiger partial charge in [0.05, 0.1) is 0 Å². The van der Waals surface area contributed by atoms with Crippen molar-refractivity contribution >= 4 is 5.78 Å². The minimum Gasteiger partial charge on any atom is -0.251 e. The Morgan fingerprint density at radius 3 is 2.42 bits per heavy atom. The van der Waals surface area contributed by atoms with Crippen molar-refractivity contribution in [3.63, 3.8) is 0 Å². The number of aryl methyl sites for hydroxylation is 3. The van der Waals surface area contributed by atoms with E-state index in [1.807, 2.05) is 25.2 Å². The van der Waals surface area contributed by atoms with Crippen LogP contribution in [0, 0.1) is 20.8 Å². The lowest BCUT2D eigenvalue weighted by molar-refractivity contribution is 0.873. The predicted molar refractivity (Wildman–Crippen MR) is 42.8 cm³/mol. The highest BCUT2D eigenvalue weighted by molar-refractivity contribution is 5.27. The van der Waals surface area contributed by atoms with Crippen molar-refractivity contribution in [2.24, 2.45) is 0 Å². The van der Waals surface area contributed by atoms with E-state index in [2.05, 4.69) is 20.2 Å². The van der Waals surface area contributed by atoms with Gasteiger partial charge in [-0.15, -0.1) is 10.2 Å². The first kappa shape index (κ1) is 7.15. The molecule has 0 aliphatic heterocycles. The minimum atomic E-state index is 0.623. The molecule has 62 valence electrons. The van der Waals surface area contributed by atoms with Crippen LogP contribution in [0.4, 0.5) is 0 Å². The smallest absolute Gasteiger partial charge is 0.251 e. The zero-order valence-electron chi connectivity index (χ0n) is 7.24. The summed E-state index contributed by atoms with van der Waals surface area (Å²) < 4.78 is 1.83.